The summed E-state index contributed by atoms with van der Waals surface area (Å²) in [6.07, 6.45) is 3.65. The van der Waals surface area contributed by atoms with Crippen molar-refractivity contribution in [3.8, 4) is 10.7 Å². The molecule has 5 rings (SSSR count). The predicted octanol–water partition coefficient (Wildman–Crippen LogP) is 4.31. The zero-order valence-electron chi connectivity index (χ0n) is 17.6. The van der Waals surface area contributed by atoms with Crippen molar-refractivity contribution < 1.29 is 9.59 Å². The van der Waals surface area contributed by atoms with Gasteiger partial charge in [-0.1, -0.05) is 36.0 Å². The van der Waals surface area contributed by atoms with Crippen LogP contribution in [0.1, 0.15) is 31.7 Å². The minimum Gasteiger partial charge on any atom is -0.342 e. The standard InChI is InChI=1S/C23H25N5O2S2/c29-20(27-12-10-16(11-13-27)22(30)24-17-5-2-1-3-6-17)15-32-23-26-25-21(19-7-4-14-31-19)28(23)18-8-9-18/h1-7,14,16,18H,8-13,15H2,(H,24,30). The first kappa shape index (κ1) is 21.2. The average molecular weight is 468 g/mol. The Hall–Kier alpha value is -2.65. The Balaban J connectivity index is 1.14. The minimum absolute atomic E-state index is 0.0383. The number of rotatable bonds is 7. The van der Waals surface area contributed by atoms with Crippen LogP contribution in [0, 0.1) is 5.92 Å². The van der Waals surface area contributed by atoms with E-state index in [0.29, 0.717) is 37.7 Å². The van der Waals surface area contributed by atoms with Gasteiger partial charge in [0.25, 0.3) is 0 Å². The smallest absolute Gasteiger partial charge is 0.233 e. The van der Waals surface area contributed by atoms with E-state index in [4.69, 9.17) is 0 Å². The molecule has 1 N–H and O–H groups in total. The van der Waals surface area contributed by atoms with E-state index in [-0.39, 0.29) is 17.7 Å². The van der Waals surface area contributed by atoms with Crippen molar-refractivity contribution in [2.45, 2.75) is 36.9 Å². The Bertz CT molecular complexity index is 1070. The molecule has 0 atom stereocenters. The van der Waals surface area contributed by atoms with Gasteiger partial charge in [0.2, 0.25) is 11.8 Å². The number of hydrogen-bond donors (Lipinski definition) is 1. The molecule has 0 radical (unpaired) electrons. The maximum absolute atomic E-state index is 12.8. The third-order valence-corrected chi connectivity index (χ3v) is 7.70. The number of anilines is 1. The van der Waals surface area contributed by atoms with Gasteiger partial charge in [0.15, 0.2) is 11.0 Å². The fourth-order valence-corrected chi connectivity index (χ4v) is 5.60. The Morgan fingerprint density at radius 1 is 1.03 bits per heavy atom. The van der Waals surface area contributed by atoms with Crippen molar-refractivity contribution >= 4 is 40.6 Å². The lowest BCUT2D eigenvalue weighted by Crippen LogP contribution is -2.42. The average Bonchev–Trinajstić information content (AvgIpc) is 3.34. The normalized spacial score (nSPS) is 16.8. The number of thioether (sulfide) groups is 1. The van der Waals surface area contributed by atoms with Crippen molar-refractivity contribution in [2.75, 3.05) is 24.2 Å². The fraction of sp³-hybridized carbons (Fsp3) is 0.391. The molecule has 0 bridgehead atoms. The SMILES string of the molecule is O=C(Nc1ccccc1)C1CCN(C(=O)CSc2nnc(-c3cccs3)n2C2CC2)CC1. The number of carbonyl (C=O) groups is 2. The summed E-state index contributed by atoms with van der Waals surface area (Å²) in [6.45, 7) is 1.23. The van der Waals surface area contributed by atoms with Crippen LogP contribution in [0.25, 0.3) is 10.7 Å². The molecule has 0 spiro atoms. The van der Waals surface area contributed by atoms with Gasteiger partial charge >= 0.3 is 0 Å². The van der Waals surface area contributed by atoms with Gasteiger partial charge in [0.05, 0.1) is 10.6 Å². The number of piperidine rings is 1. The number of benzene rings is 1. The molecular weight excluding hydrogens is 442 g/mol. The van der Waals surface area contributed by atoms with Crippen LogP contribution in [0.15, 0.2) is 53.0 Å². The summed E-state index contributed by atoms with van der Waals surface area (Å²) in [6, 6.07) is 14.0. The summed E-state index contributed by atoms with van der Waals surface area (Å²) in [5.74, 6) is 1.33. The van der Waals surface area contributed by atoms with E-state index in [0.717, 1.165) is 34.4 Å². The predicted molar refractivity (Wildman–Crippen MR) is 127 cm³/mol. The Labute approximate surface area is 195 Å². The lowest BCUT2D eigenvalue weighted by Gasteiger charge is -2.31. The number of carbonyl (C=O) groups excluding carboxylic acids is 2. The Morgan fingerprint density at radius 2 is 1.81 bits per heavy atom. The van der Waals surface area contributed by atoms with Crippen molar-refractivity contribution in [1.82, 2.24) is 19.7 Å². The van der Waals surface area contributed by atoms with Crippen LogP contribution in [0.2, 0.25) is 0 Å². The van der Waals surface area contributed by atoms with E-state index < -0.39 is 0 Å². The molecule has 1 aliphatic heterocycles. The maximum atomic E-state index is 12.8. The van der Waals surface area contributed by atoms with Gasteiger partial charge in [-0.25, -0.2) is 0 Å². The molecule has 1 saturated heterocycles. The number of hydrogen-bond acceptors (Lipinski definition) is 6. The third-order valence-electron chi connectivity index (χ3n) is 5.90. The number of aromatic nitrogens is 3. The molecule has 2 amide bonds. The second-order valence-corrected chi connectivity index (χ2v) is 10.1. The number of likely N-dealkylation sites (tertiary alicyclic amines) is 1. The molecule has 3 aromatic rings. The molecule has 3 heterocycles. The van der Waals surface area contributed by atoms with E-state index >= 15 is 0 Å². The summed E-state index contributed by atoms with van der Waals surface area (Å²) in [5, 5.41) is 14.6. The zero-order chi connectivity index (χ0) is 21.9. The van der Waals surface area contributed by atoms with Crippen molar-refractivity contribution in [2.24, 2.45) is 5.92 Å². The number of nitrogens with one attached hydrogen (secondary N) is 1. The van der Waals surface area contributed by atoms with Crippen LogP contribution in [0.4, 0.5) is 5.69 Å². The molecule has 7 nitrogen and oxygen atoms in total. The van der Waals surface area contributed by atoms with Crippen LogP contribution < -0.4 is 5.32 Å². The number of thiophene rings is 1. The molecule has 1 aromatic carbocycles. The van der Waals surface area contributed by atoms with Crippen LogP contribution in [0.5, 0.6) is 0 Å². The van der Waals surface area contributed by atoms with Gasteiger partial charge < -0.3 is 10.2 Å². The lowest BCUT2D eigenvalue weighted by atomic mass is 9.96. The molecule has 9 heteroatoms. The van der Waals surface area contributed by atoms with E-state index in [1.807, 2.05) is 46.7 Å². The first-order valence-corrected chi connectivity index (χ1v) is 12.8. The van der Waals surface area contributed by atoms with Crippen molar-refractivity contribution in [1.29, 1.82) is 0 Å². The highest BCUT2D eigenvalue weighted by atomic mass is 32.2. The summed E-state index contributed by atoms with van der Waals surface area (Å²) in [4.78, 5) is 28.3. The van der Waals surface area contributed by atoms with Crippen molar-refractivity contribution in [3.05, 3.63) is 47.8 Å². The Kier molecular flexibility index (Phi) is 6.27. The molecule has 32 heavy (non-hydrogen) atoms. The van der Waals surface area contributed by atoms with Gasteiger partial charge in [-0.15, -0.1) is 21.5 Å². The molecule has 1 saturated carbocycles. The summed E-state index contributed by atoms with van der Waals surface area (Å²) in [7, 11) is 0. The topological polar surface area (TPSA) is 80.1 Å². The summed E-state index contributed by atoms with van der Waals surface area (Å²) in [5.41, 5.74) is 0.814. The lowest BCUT2D eigenvalue weighted by molar-refractivity contribution is -0.132. The molecule has 2 aliphatic rings. The number of amides is 2. The first-order chi connectivity index (χ1) is 15.7. The summed E-state index contributed by atoms with van der Waals surface area (Å²) >= 11 is 3.13. The molecular formula is C23H25N5O2S2. The summed E-state index contributed by atoms with van der Waals surface area (Å²) < 4.78 is 2.20. The van der Waals surface area contributed by atoms with Gasteiger partial charge in [0.1, 0.15) is 0 Å². The third kappa shape index (κ3) is 4.73. The fourth-order valence-electron chi connectivity index (χ4n) is 3.99. The monoisotopic (exact) mass is 467 g/mol. The quantitative estimate of drug-likeness (QED) is 0.524. The molecule has 166 valence electrons. The van der Waals surface area contributed by atoms with Gasteiger partial charge in [0, 0.05) is 30.7 Å². The van der Waals surface area contributed by atoms with Gasteiger partial charge in [-0.2, -0.15) is 0 Å². The van der Waals surface area contributed by atoms with E-state index in [1.54, 1.807) is 11.3 Å². The van der Waals surface area contributed by atoms with Crippen LogP contribution in [-0.2, 0) is 9.59 Å². The van der Waals surface area contributed by atoms with Gasteiger partial charge in [-0.3, -0.25) is 14.2 Å². The minimum atomic E-state index is -0.0572. The van der Waals surface area contributed by atoms with E-state index in [2.05, 4.69) is 26.1 Å². The van der Waals surface area contributed by atoms with Crippen molar-refractivity contribution in [3.63, 3.8) is 0 Å². The highest BCUT2D eigenvalue weighted by molar-refractivity contribution is 7.99. The van der Waals surface area contributed by atoms with Crippen LogP contribution in [-0.4, -0.2) is 50.3 Å². The number of nitrogens with zero attached hydrogens (tertiary/aromatic N) is 4. The highest BCUT2D eigenvalue weighted by Crippen LogP contribution is 2.41. The highest BCUT2D eigenvalue weighted by Gasteiger charge is 2.31. The molecule has 2 fully saturated rings. The van der Waals surface area contributed by atoms with Gasteiger partial charge in [-0.05, 0) is 49.3 Å². The van der Waals surface area contributed by atoms with Crippen LogP contribution >= 0.6 is 23.1 Å². The second-order valence-electron chi connectivity index (χ2n) is 8.18. The van der Waals surface area contributed by atoms with Crippen LogP contribution in [0.3, 0.4) is 0 Å². The van der Waals surface area contributed by atoms with E-state index in [9.17, 15) is 9.59 Å². The zero-order valence-corrected chi connectivity index (χ0v) is 19.3. The van der Waals surface area contributed by atoms with E-state index in [1.165, 1.54) is 11.8 Å². The second kappa shape index (κ2) is 9.46. The molecule has 2 aromatic heterocycles. The largest absolute Gasteiger partial charge is 0.342 e. The molecule has 1 aliphatic carbocycles. The first-order valence-electron chi connectivity index (χ1n) is 10.9. The molecule has 0 unspecified atom stereocenters. The maximum Gasteiger partial charge on any atom is 0.233 e. The Morgan fingerprint density at radius 3 is 2.50 bits per heavy atom. The number of para-hydroxylation sites is 1.